The first-order chi connectivity index (χ1) is 13.1. The van der Waals surface area contributed by atoms with E-state index in [1.807, 2.05) is 30.3 Å². The number of carbonyl (C=O) groups excluding carboxylic acids is 1. The van der Waals surface area contributed by atoms with Crippen molar-refractivity contribution >= 4 is 23.2 Å². The number of hydrogen-bond donors (Lipinski definition) is 0. The number of rotatable bonds is 4. The molecule has 0 bridgehead atoms. The van der Waals surface area contributed by atoms with Crippen LogP contribution in [0.15, 0.2) is 42.9 Å². The van der Waals surface area contributed by atoms with Crippen molar-refractivity contribution in [1.29, 1.82) is 5.26 Å². The van der Waals surface area contributed by atoms with Crippen LogP contribution in [0.25, 0.3) is 11.1 Å². The average Bonchev–Trinajstić information content (AvgIpc) is 3.27. The van der Waals surface area contributed by atoms with E-state index < -0.39 is 0 Å². The normalized spacial score (nSPS) is 12.8. The first-order valence-corrected chi connectivity index (χ1v) is 8.52. The fourth-order valence-corrected chi connectivity index (χ4v) is 3.27. The van der Waals surface area contributed by atoms with Crippen LogP contribution in [-0.2, 0) is 13.1 Å². The summed E-state index contributed by atoms with van der Waals surface area (Å²) in [6.45, 7) is 0.586. The molecule has 0 saturated carbocycles. The SMILES string of the molecule is COc1cc(-c2ccc3c(c2)CN(c2cnn(CC#N)c2)C3=O)cnc1Cl. The lowest BCUT2D eigenvalue weighted by molar-refractivity contribution is 0.0996. The molecule has 0 aliphatic carbocycles. The van der Waals surface area contributed by atoms with Crippen molar-refractivity contribution in [3.63, 3.8) is 0 Å². The predicted octanol–water partition coefficient (Wildman–Crippen LogP) is 3.29. The predicted molar refractivity (Wildman–Crippen MR) is 99.6 cm³/mol. The smallest absolute Gasteiger partial charge is 0.259 e. The highest BCUT2D eigenvalue weighted by molar-refractivity contribution is 6.30. The number of anilines is 1. The highest BCUT2D eigenvalue weighted by atomic mass is 35.5. The second-order valence-electron chi connectivity index (χ2n) is 6.03. The molecule has 3 heterocycles. The fraction of sp³-hybridized carbons (Fsp3) is 0.158. The first kappa shape index (κ1) is 17.1. The maximum Gasteiger partial charge on any atom is 0.259 e. The molecule has 0 spiro atoms. The molecule has 134 valence electrons. The third kappa shape index (κ3) is 3.00. The molecule has 2 aromatic heterocycles. The van der Waals surface area contributed by atoms with Gasteiger partial charge in [0.2, 0.25) is 0 Å². The van der Waals surface area contributed by atoms with E-state index in [2.05, 4.69) is 10.1 Å². The van der Waals surface area contributed by atoms with Crippen LogP contribution in [0.2, 0.25) is 5.15 Å². The number of halogens is 1. The Balaban J connectivity index is 1.65. The van der Waals surface area contributed by atoms with Gasteiger partial charge in [-0.2, -0.15) is 10.4 Å². The van der Waals surface area contributed by atoms with Crippen molar-refractivity contribution in [3.8, 4) is 22.9 Å². The minimum atomic E-state index is -0.0835. The number of fused-ring (bicyclic) bond motifs is 1. The van der Waals surface area contributed by atoms with Crippen molar-refractivity contribution in [2.45, 2.75) is 13.1 Å². The van der Waals surface area contributed by atoms with E-state index in [-0.39, 0.29) is 12.5 Å². The summed E-state index contributed by atoms with van der Waals surface area (Å²) in [5.74, 6) is 0.414. The van der Waals surface area contributed by atoms with Crippen LogP contribution in [0.3, 0.4) is 0 Å². The van der Waals surface area contributed by atoms with Crippen LogP contribution in [0.5, 0.6) is 5.75 Å². The van der Waals surface area contributed by atoms with Gasteiger partial charge >= 0.3 is 0 Å². The zero-order valence-electron chi connectivity index (χ0n) is 14.4. The van der Waals surface area contributed by atoms with Gasteiger partial charge in [-0.1, -0.05) is 17.7 Å². The van der Waals surface area contributed by atoms with Gasteiger partial charge in [0.15, 0.2) is 10.9 Å². The molecule has 0 unspecified atom stereocenters. The molecule has 27 heavy (non-hydrogen) atoms. The highest BCUT2D eigenvalue weighted by Gasteiger charge is 2.29. The molecular weight excluding hydrogens is 366 g/mol. The van der Waals surface area contributed by atoms with E-state index in [1.165, 1.54) is 4.68 Å². The van der Waals surface area contributed by atoms with Gasteiger partial charge in [0, 0.05) is 23.5 Å². The number of pyridine rings is 1. The largest absolute Gasteiger partial charge is 0.494 e. The second-order valence-corrected chi connectivity index (χ2v) is 6.39. The van der Waals surface area contributed by atoms with Crippen LogP contribution in [0, 0.1) is 11.3 Å². The summed E-state index contributed by atoms with van der Waals surface area (Å²) in [6, 6.07) is 9.51. The maximum atomic E-state index is 12.7. The standard InChI is InChI=1S/C19H14ClN5O2/c1-27-17-7-13(8-22-18(17)20)12-2-3-16-14(6-12)10-25(19(16)26)15-9-23-24(11-15)5-4-21/h2-3,6-9,11H,5,10H2,1H3. The van der Waals surface area contributed by atoms with Crippen molar-refractivity contribution < 1.29 is 9.53 Å². The molecule has 0 N–H and O–H groups in total. The third-order valence-corrected chi connectivity index (χ3v) is 4.72. The van der Waals surface area contributed by atoms with Crippen molar-refractivity contribution in [2.75, 3.05) is 12.0 Å². The Morgan fingerprint density at radius 3 is 2.93 bits per heavy atom. The zero-order valence-corrected chi connectivity index (χ0v) is 15.1. The monoisotopic (exact) mass is 379 g/mol. The van der Waals surface area contributed by atoms with E-state index in [1.54, 1.807) is 30.6 Å². The van der Waals surface area contributed by atoms with Gasteiger partial charge in [0.1, 0.15) is 6.54 Å². The van der Waals surface area contributed by atoms with E-state index >= 15 is 0 Å². The molecule has 1 aliphatic rings. The van der Waals surface area contributed by atoms with Crippen LogP contribution in [-0.4, -0.2) is 27.8 Å². The summed E-state index contributed by atoms with van der Waals surface area (Å²) in [7, 11) is 1.54. The summed E-state index contributed by atoms with van der Waals surface area (Å²) in [4.78, 5) is 18.5. The highest BCUT2D eigenvalue weighted by Crippen LogP contribution is 2.33. The molecule has 1 aliphatic heterocycles. The minimum absolute atomic E-state index is 0.0835. The molecule has 3 aromatic rings. The Morgan fingerprint density at radius 2 is 2.15 bits per heavy atom. The van der Waals surface area contributed by atoms with Gasteiger partial charge in [-0.3, -0.25) is 9.48 Å². The number of aromatic nitrogens is 3. The van der Waals surface area contributed by atoms with Gasteiger partial charge in [-0.05, 0) is 29.3 Å². The van der Waals surface area contributed by atoms with Crippen LogP contribution in [0.4, 0.5) is 5.69 Å². The van der Waals surface area contributed by atoms with Crippen molar-refractivity contribution in [2.24, 2.45) is 0 Å². The number of ether oxygens (including phenoxy) is 1. The fourth-order valence-electron chi connectivity index (χ4n) is 3.09. The van der Waals surface area contributed by atoms with Gasteiger partial charge < -0.3 is 9.64 Å². The molecule has 1 aromatic carbocycles. The zero-order chi connectivity index (χ0) is 19.0. The Labute approximate surface area is 160 Å². The lowest BCUT2D eigenvalue weighted by atomic mass is 10.0. The minimum Gasteiger partial charge on any atom is -0.494 e. The van der Waals surface area contributed by atoms with Crippen molar-refractivity contribution in [1.82, 2.24) is 14.8 Å². The van der Waals surface area contributed by atoms with E-state index in [4.69, 9.17) is 21.6 Å². The van der Waals surface area contributed by atoms with Gasteiger partial charge in [0.05, 0.1) is 31.6 Å². The molecule has 0 fully saturated rings. The van der Waals surface area contributed by atoms with Crippen molar-refractivity contribution in [3.05, 3.63) is 59.1 Å². The Kier molecular flexibility index (Phi) is 4.26. The Morgan fingerprint density at radius 1 is 1.30 bits per heavy atom. The number of amides is 1. The summed E-state index contributed by atoms with van der Waals surface area (Å²) in [6.07, 6.45) is 4.96. The quantitative estimate of drug-likeness (QED) is 0.649. The molecular formula is C19H14ClN5O2. The maximum absolute atomic E-state index is 12.7. The number of benzene rings is 1. The number of nitriles is 1. The number of hydrogen-bond acceptors (Lipinski definition) is 5. The topological polar surface area (TPSA) is 84.0 Å². The van der Waals surface area contributed by atoms with E-state index in [0.29, 0.717) is 28.7 Å². The van der Waals surface area contributed by atoms with Gasteiger partial charge in [-0.15, -0.1) is 0 Å². The summed E-state index contributed by atoms with van der Waals surface area (Å²) < 4.78 is 6.73. The first-order valence-electron chi connectivity index (χ1n) is 8.15. The van der Waals surface area contributed by atoms with Crippen LogP contribution in [0.1, 0.15) is 15.9 Å². The van der Waals surface area contributed by atoms with Gasteiger partial charge in [0.25, 0.3) is 5.91 Å². The molecule has 4 rings (SSSR count). The lowest BCUT2D eigenvalue weighted by Crippen LogP contribution is -2.22. The van der Waals surface area contributed by atoms with E-state index in [0.717, 1.165) is 16.7 Å². The summed E-state index contributed by atoms with van der Waals surface area (Å²) >= 11 is 5.99. The molecule has 8 heteroatoms. The summed E-state index contributed by atoms with van der Waals surface area (Å²) in [5, 5.41) is 13.2. The van der Waals surface area contributed by atoms with E-state index in [9.17, 15) is 4.79 Å². The average molecular weight is 380 g/mol. The van der Waals surface area contributed by atoms with Gasteiger partial charge in [-0.25, -0.2) is 4.98 Å². The summed E-state index contributed by atoms with van der Waals surface area (Å²) in [5.41, 5.74) is 4.01. The molecule has 1 amide bonds. The Bertz CT molecular complexity index is 1090. The third-order valence-electron chi connectivity index (χ3n) is 4.43. The Hall–Kier alpha value is -3.37. The number of nitrogens with zero attached hydrogens (tertiary/aromatic N) is 5. The van der Waals surface area contributed by atoms with Crippen LogP contribution >= 0.6 is 11.6 Å². The number of methoxy groups -OCH3 is 1. The molecule has 7 nitrogen and oxygen atoms in total. The lowest BCUT2D eigenvalue weighted by Gasteiger charge is -2.12. The molecule has 0 atom stereocenters. The number of carbonyl (C=O) groups is 1. The molecule has 0 saturated heterocycles. The molecule has 0 radical (unpaired) electrons. The van der Waals surface area contributed by atoms with Crippen LogP contribution < -0.4 is 9.64 Å². The second kappa shape index (κ2) is 6.74.